The normalized spacial score (nSPS) is 21.5. The highest BCUT2D eigenvalue weighted by Crippen LogP contribution is 2.16. The highest BCUT2D eigenvalue weighted by Gasteiger charge is 2.28. The summed E-state index contributed by atoms with van der Waals surface area (Å²) in [5.41, 5.74) is 1.07. The van der Waals surface area contributed by atoms with Gasteiger partial charge in [0.2, 0.25) is 5.91 Å². The van der Waals surface area contributed by atoms with Crippen LogP contribution in [0.5, 0.6) is 0 Å². The monoisotopic (exact) mass is 286 g/mol. The number of amides is 1. The van der Waals surface area contributed by atoms with Crippen LogP contribution in [0.1, 0.15) is 19.4 Å². The van der Waals surface area contributed by atoms with Crippen LogP contribution in [0.3, 0.4) is 0 Å². The van der Waals surface area contributed by atoms with E-state index in [1.165, 1.54) is 0 Å². The molecule has 0 aliphatic carbocycles. The molecule has 1 aliphatic heterocycles. The minimum absolute atomic E-state index is 0.0607. The number of carbonyl (C=O) groups excluding carboxylic acids is 1. The van der Waals surface area contributed by atoms with Crippen molar-refractivity contribution in [2.24, 2.45) is 0 Å². The van der Waals surface area contributed by atoms with Crippen LogP contribution in [-0.4, -0.2) is 54.5 Å². The van der Waals surface area contributed by atoms with Crippen LogP contribution in [0.2, 0.25) is 0 Å². The summed E-state index contributed by atoms with van der Waals surface area (Å²) < 4.78 is 0. The van der Waals surface area contributed by atoms with E-state index in [0.29, 0.717) is 17.3 Å². The van der Waals surface area contributed by atoms with E-state index in [0.717, 1.165) is 19.6 Å². The second kappa shape index (κ2) is 6.70. The van der Waals surface area contributed by atoms with Gasteiger partial charge in [-0.25, -0.2) is 0 Å². The third-order valence-corrected chi connectivity index (χ3v) is 4.22. The second-order valence-corrected chi connectivity index (χ2v) is 5.65. The van der Waals surface area contributed by atoms with E-state index >= 15 is 0 Å². The Hall–Kier alpha value is -1.90. The van der Waals surface area contributed by atoms with Crippen molar-refractivity contribution in [3.05, 3.63) is 29.8 Å². The number of piperazine rings is 1. The molecule has 1 fully saturated rings. The smallest absolute Gasteiger partial charge is 0.241 e. The molecule has 2 atom stereocenters. The molecule has 1 aliphatic rings. The lowest BCUT2D eigenvalue weighted by molar-refractivity contribution is -0.121. The minimum atomic E-state index is -0.201. The fourth-order valence-corrected chi connectivity index (χ4v) is 2.52. The van der Waals surface area contributed by atoms with Crippen molar-refractivity contribution in [1.82, 2.24) is 9.80 Å². The van der Waals surface area contributed by atoms with Crippen LogP contribution < -0.4 is 5.32 Å². The summed E-state index contributed by atoms with van der Waals surface area (Å²) in [6.07, 6.45) is 0. The van der Waals surface area contributed by atoms with Gasteiger partial charge in [-0.05, 0) is 33.0 Å². The maximum absolute atomic E-state index is 12.4. The fourth-order valence-electron chi connectivity index (χ4n) is 2.52. The number of benzene rings is 1. The van der Waals surface area contributed by atoms with E-state index in [1.54, 1.807) is 18.2 Å². The Balaban J connectivity index is 2.02. The van der Waals surface area contributed by atoms with Gasteiger partial charge in [-0.15, -0.1) is 0 Å². The Kier molecular flexibility index (Phi) is 4.94. The molecule has 0 bridgehead atoms. The van der Waals surface area contributed by atoms with E-state index in [2.05, 4.69) is 35.2 Å². The topological polar surface area (TPSA) is 59.4 Å². The SMILES string of the molecule is CC1CN(C(C)C(=O)Nc2ccccc2C#N)CCN1C. The van der Waals surface area contributed by atoms with Gasteiger partial charge < -0.3 is 10.2 Å². The molecular formula is C16H22N4O. The number of nitrogens with zero attached hydrogens (tertiary/aromatic N) is 3. The Morgan fingerprint density at radius 3 is 2.81 bits per heavy atom. The summed E-state index contributed by atoms with van der Waals surface area (Å²) in [7, 11) is 2.11. The van der Waals surface area contributed by atoms with Gasteiger partial charge >= 0.3 is 0 Å². The molecule has 112 valence electrons. The van der Waals surface area contributed by atoms with Crippen LogP contribution in [0, 0.1) is 11.3 Å². The van der Waals surface area contributed by atoms with E-state index in [4.69, 9.17) is 5.26 Å². The first-order chi connectivity index (χ1) is 10.0. The van der Waals surface area contributed by atoms with Crippen LogP contribution >= 0.6 is 0 Å². The molecule has 21 heavy (non-hydrogen) atoms. The molecule has 0 saturated carbocycles. The number of carbonyl (C=O) groups is 1. The maximum Gasteiger partial charge on any atom is 0.241 e. The minimum Gasteiger partial charge on any atom is -0.324 e. The first kappa shape index (κ1) is 15.5. The van der Waals surface area contributed by atoms with E-state index in [9.17, 15) is 4.79 Å². The highest BCUT2D eigenvalue weighted by molar-refractivity contribution is 5.95. The zero-order chi connectivity index (χ0) is 15.4. The molecule has 0 spiro atoms. The highest BCUT2D eigenvalue weighted by atomic mass is 16.2. The summed E-state index contributed by atoms with van der Waals surface area (Å²) in [6.45, 7) is 6.82. The van der Waals surface area contributed by atoms with Gasteiger partial charge in [0.1, 0.15) is 6.07 Å². The largest absolute Gasteiger partial charge is 0.324 e. The van der Waals surface area contributed by atoms with Crippen LogP contribution in [-0.2, 0) is 4.79 Å². The number of hydrogen-bond acceptors (Lipinski definition) is 4. The molecule has 1 heterocycles. The van der Waals surface area contributed by atoms with Crippen LogP contribution in [0.15, 0.2) is 24.3 Å². The van der Waals surface area contributed by atoms with E-state index in [-0.39, 0.29) is 11.9 Å². The number of para-hydroxylation sites is 1. The van der Waals surface area contributed by atoms with Crippen molar-refractivity contribution < 1.29 is 4.79 Å². The Morgan fingerprint density at radius 1 is 1.43 bits per heavy atom. The number of hydrogen-bond donors (Lipinski definition) is 1. The number of nitrogens with one attached hydrogen (secondary N) is 1. The lowest BCUT2D eigenvalue weighted by atomic mass is 10.1. The summed E-state index contributed by atoms with van der Waals surface area (Å²) in [6, 6.07) is 9.42. The molecule has 5 heteroatoms. The van der Waals surface area contributed by atoms with Gasteiger partial charge in [-0.1, -0.05) is 12.1 Å². The van der Waals surface area contributed by atoms with Gasteiger partial charge in [-0.3, -0.25) is 9.69 Å². The van der Waals surface area contributed by atoms with Gasteiger partial charge in [-0.2, -0.15) is 5.26 Å². The second-order valence-electron chi connectivity index (χ2n) is 5.65. The molecule has 2 unspecified atom stereocenters. The molecule has 0 radical (unpaired) electrons. The predicted molar refractivity (Wildman–Crippen MR) is 82.9 cm³/mol. The van der Waals surface area contributed by atoms with Gasteiger partial charge in [0.25, 0.3) is 0 Å². The molecule has 1 N–H and O–H groups in total. The van der Waals surface area contributed by atoms with Crippen molar-refractivity contribution in [3.8, 4) is 6.07 Å². The third-order valence-electron chi connectivity index (χ3n) is 4.22. The average Bonchev–Trinajstić information content (AvgIpc) is 2.49. The molecule has 1 aromatic carbocycles. The van der Waals surface area contributed by atoms with Gasteiger partial charge in [0.15, 0.2) is 0 Å². The van der Waals surface area contributed by atoms with E-state index < -0.39 is 0 Å². The number of likely N-dealkylation sites (N-methyl/N-ethyl adjacent to an activating group) is 1. The lowest BCUT2D eigenvalue weighted by Gasteiger charge is -2.40. The third kappa shape index (κ3) is 3.60. The van der Waals surface area contributed by atoms with Crippen molar-refractivity contribution in [3.63, 3.8) is 0 Å². The standard InChI is InChI=1S/C16H22N4O/c1-12-11-20(9-8-19(12)3)13(2)16(21)18-15-7-5-4-6-14(15)10-17/h4-7,12-13H,8-9,11H2,1-3H3,(H,18,21). The first-order valence-electron chi connectivity index (χ1n) is 7.27. The van der Waals surface area contributed by atoms with Crippen molar-refractivity contribution in [2.75, 3.05) is 32.0 Å². The molecule has 5 nitrogen and oxygen atoms in total. The quantitative estimate of drug-likeness (QED) is 0.915. The fraction of sp³-hybridized carbons (Fsp3) is 0.500. The number of nitriles is 1. The van der Waals surface area contributed by atoms with Crippen LogP contribution in [0.25, 0.3) is 0 Å². The molecule has 2 rings (SSSR count). The molecule has 0 aromatic heterocycles. The van der Waals surface area contributed by atoms with Crippen molar-refractivity contribution in [1.29, 1.82) is 5.26 Å². The van der Waals surface area contributed by atoms with Gasteiger partial charge in [0.05, 0.1) is 17.3 Å². The lowest BCUT2D eigenvalue weighted by Crippen LogP contribution is -2.55. The molecular weight excluding hydrogens is 264 g/mol. The summed E-state index contributed by atoms with van der Waals surface area (Å²) in [5, 5.41) is 11.9. The zero-order valence-electron chi connectivity index (χ0n) is 12.8. The molecule has 1 amide bonds. The number of anilines is 1. The number of rotatable bonds is 3. The Morgan fingerprint density at radius 2 is 2.14 bits per heavy atom. The summed E-state index contributed by atoms with van der Waals surface area (Å²) >= 11 is 0. The van der Waals surface area contributed by atoms with Gasteiger partial charge in [0, 0.05) is 25.7 Å². The zero-order valence-corrected chi connectivity index (χ0v) is 12.8. The van der Waals surface area contributed by atoms with E-state index in [1.807, 2.05) is 13.0 Å². The average molecular weight is 286 g/mol. The van der Waals surface area contributed by atoms with Crippen LogP contribution in [0.4, 0.5) is 5.69 Å². The Labute approximate surface area is 126 Å². The molecule has 1 saturated heterocycles. The van der Waals surface area contributed by atoms with Crippen molar-refractivity contribution in [2.45, 2.75) is 25.9 Å². The summed E-state index contributed by atoms with van der Waals surface area (Å²) in [4.78, 5) is 16.9. The first-order valence-corrected chi connectivity index (χ1v) is 7.27. The molecule has 1 aromatic rings. The van der Waals surface area contributed by atoms with Crippen molar-refractivity contribution >= 4 is 11.6 Å². The predicted octanol–water partition coefficient (Wildman–Crippen LogP) is 1.52. The Bertz CT molecular complexity index is 551. The summed E-state index contributed by atoms with van der Waals surface area (Å²) in [5.74, 6) is -0.0607. The maximum atomic E-state index is 12.4.